The molecular weight excluding hydrogens is 1540 g/mol. The van der Waals surface area contributed by atoms with Crippen molar-refractivity contribution in [1.29, 1.82) is 0 Å². The Kier molecular flexibility index (Phi) is 35.2. The average molecular weight is 1740 g/mol. The van der Waals surface area contributed by atoms with Gasteiger partial charge in [-0.25, -0.2) is 0 Å². The number of Topliss-reactive ketones (excluding diaryl/α,β-unsaturated/α-hetero) is 1. The molecule has 16 aliphatic carbocycles. The third kappa shape index (κ3) is 21.1. The summed E-state index contributed by atoms with van der Waals surface area (Å²) in [6.45, 7) is 56.5. The van der Waals surface area contributed by atoms with Gasteiger partial charge in [0.2, 0.25) is 0 Å². The molecule has 0 aliphatic heterocycles. The summed E-state index contributed by atoms with van der Waals surface area (Å²) in [6.07, 6.45) is 53.3. The Morgan fingerprint density at radius 3 is 0.710 bits per heavy atom. The van der Waals surface area contributed by atoms with Gasteiger partial charge in [0.1, 0.15) is 5.78 Å². The first-order chi connectivity index (χ1) is 56.9. The van der Waals surface area contributed by atoms with Gasteiger partial charge in [-0.05, 0) is 507 Å². The molecule has 16 rings (SSSR count). The fraction of sp³-hybridized carbons (Fsp3) is 0.991. The van der Waals surface area contributed by atoms with Crippen molar-refractivity contribution in [2.24, 2.45) is 209 Å². The van der Waals surface area contributed by atoms with Crippen molar-refractivity contribution in [3.05, 3.63) is 0 Å². The van der Waals surface area contributed by atoms with Crippen molar-refractivity contribution in [2.75, 3.05) is 7.11 Å². The third-order valence-electron chi connectivity index (χ3n) is 45.0. The molecule has 0 amide bonds. The number of carbonyl (C=O) groups is 1. The predicted octanol–water partition coefficient (Wildman–Crippen LogP) is 23.9. The minimum atomic E-state index is -0.440. The van der Waals surface area contributed by atoms with Crippen molar-refractivity contribution in [1.82, 2.24) is 0 Å². The Balaban J connectivity index is 0.000000186. The van der Waals surface area contributed by atoms with Crippen molar-refractivity contribution in [3.63, 3.8) is 0 Å². The van der Waals surface area contributed by atoms with E-state index in [9.17, 15) is 40.5 Å². The summed E-state index contributed by atoms with van der Waals surface area (Å²) in [7, 11) is 1.00. The van der Waals surface area contributed by atoms with Crippen molar-refractivity contribution < 1.29 is 76.6 Å². The van der Waals surface area contributed by atoms with Crippen LogP contribution in [0.1, 0.15) is 450 Å². The van der Waals surface area contributed by atoms with Gasteiger partial charge in [0, 0.05) is 27.9 Å². The molecule has 39 atom stereocenters. The number of aliphatic hydroxyl groups is 8. The molecular formula is C113H203BNaO9. The van der Waals surface area contributed by atoms with Gasteiger partial charge in [0.05, 0.1) is 40.7 Å². The van der Waals surface area contributed by atoms with E-state index < -0.39 is 22.4 Å². The molecule has 3 radical (unpaired) electrons. The van der Waals surface area contributed by atoms with E-state index in [-0.39, 0.29) is 63.6 Å². The van der Waals surface area contributed by atoms with Gasteiger partial charge in [-0.3, -0.25) is 4.79 Å². The SMILES string of the molecule is CC(C)CCC(=O)[C@@H](C)[C@H]1CC[C@H]2[C@@H]3CC[C@H]4C[C@@](C)(O)CC[C@]4(C)[C@H]3CC[C@]12C.CC(C)CC[C@@H](O)[C@@H](C)[C@H]1CC[C@H]2[C@@H]3CC[C@H]4C[C@@](C)(O)CC[C@]4(C)[C@H]3CC[C@]12C.CC(C)CC[C@@H](O)[C@@H](C)[C@H]1CC[C@H]2[C@@H]3CC[C@H]4C[C@@](C)(O)CC[C@]4(C)[C@H]3CC[C@]12C.CC(C)CC[C@H](O)[C@@H](C)[C@H]1CC[C@H]2[C@@H]3CC[C@H]4C[C@@](C)(O)CC[C@]4(C)[C@H]3CC[C@]12C.CO.[B].[H-].[Na+]. The average Bonchev–Trinajstić information content (AvgIpc) is 1.67. The van der Waals surface area contributed by atoms with Crippen LogP contribution in [0.15, 0.2) is 0 Å². The quantitative estimate of drug-likeness (QED) is 0.0551. The minimum absolute atomic E-state index is 0. The largest absolute Gasteiger partial charge is 1.00 e. The molecule has 0 heterocycles. The van der Waals surface area contributed by atoms with E-state index >= 15 is 0 Å². The van der Waals surface area contributed by atoms with E-state index in [4.69, 9.17) is 5.11 Å². The fourth-order valence-electron chi connectivity index (χ4n) is 37.3. The molecule has 0 unspecified atom stereocenters. The van der Waals surface area contributed by atoms with Crippen molar-refractivity contribution in [2.45, 2.75) is 489 Å². The van der Waals surface area contributed by atoms with Crippen LogP contribution >= 0.6 is 0 Å². The first-order valence-electron chi connectivity index (χ1n) is 53.8. The van der Waals surface area contributed by atoms with E-state index in [0.717, 1.165) is 199 Å². The summed E-state index contributed by atoms with van der Waals surface area (Å²) < 4.78 is 0. The smallest absolute Gasteiger partial charge is 1.00 e. The second-order valence-electron chi connectivity index (χ2n) is 53.7. The maximum Gasteiger partial charge on any atom is 1.00 e. The van der Waals surface area contributed by atoms with Crippen LogP contribution in [0.25, 0.3) is 0 Å². The molecule has 16 aliphatic rings. The zero-order valence-corrected chi connectivity index (χ0v) is 88.1. The first kappa shape index (κ1) is 106. The maximum absolute atomic E-state index is 13.0. The number of rotatable bonds is 20. The van der Waals surface area contributed by atoms with Gasteiger partial charge in [0.15, 0.2) is 0 Å². The van der Waals surface area contributed by atoms with Crippen LogP contribution in [0.4, 0.5) is 0 Å². The molecule has 11 heteroatoms. The van der Waals surface area contributed by atoms with E-state index in [2.05, 4.69) is 166 Å². The molecule has 0 spiro atoms. The van der Waals surface area contributed by atoms with Crippen molar-refractivity contribution >= 4 is 14.2 Å². The van der Waals surface area contributed by atoms with Gasteiger partial charge in [-0.2, -0.15) is 0 Å². The molecule has 0 saturated heterocycles. The van der Waals surface area contributed by atoms with Gasteiger partial charge >= 0.3 is 29.6 Å². The Bertz CT molecular complexity index is 3120. The second-order valence-corrected chi connectivity index (χ2v) is 53.7. The molecule has 16 fully saturated rings. The molecule has 0 aromatic carbocycles. The molecule has 8 N–H and O–H groups in total. The summed E-state index contributed by atoms with van der Waals surface area (Å²) in [5.74, 6) is 20.7. The number of ketones is 1. The molecule has 713 valence electrons. The molecule has 124 heavy (non-hydrogen) atoms. The molecule has 16 saturated carbocycles. The van der Waals surface area contributed by atoms with Gasteiger partial charge in [-0.15, -0.1) is 0 Å². The summed E-state index contributed by atoms with van der Waals surface area (Å²) in [5.41, 5.74) is 1.73. The number of hydrogen-bond acceptors (Lipinski definition) is 9. The standard InChI is InChI=1S/3C28H50O2.C28H48O2.CH4O.B.Na.H/c4*1-18(2)7-12-25(29)19(3)22-10-11-23-21-9-8-20-17-26(4,30)15-16-27(20,5)24(21)13-14-28(22,23)6;1-2;;;/h3*18-25,29-30H,7-17H2,1-6H3;18-24,30H,7-17H2,1-6H3;2H,1H3;;;/q;;;;;;+1;-1/t2*19-,20-,21-,22+,23-,24-,25+,26-,27-,28+;19-,20-,21-,22+,23-,24-,25-,26-,27-,28+;19-,20-,21-,22+,23-,24-,26-,27-,28+;;;;/m0000..../s1. The molecule has 0 bridgehead atoms. The summed E-state index contributed by atoms with van der Waals surface area (Å²) in [5, 5.41) is 82.8. The first-order valence-corrected chi connectivity index (χ1v) is 53.8. The Labute approximate surface area is 790 Å². The monoisotopic (exact) mass is 1740 g/mol. The van der Waals surface area contributed by atoms with Crippen LogP contribution < -0.4 is 29.6 Å². The van der Waals surface area contributed by atoms with E-state index in [1.54, 1.807) is 0 Å². The third-order valence-corrected chi connectivity index (χ3v) is 45.0. The summed E-state index contributed by atoms with van der Waals surface area (Å²) >= 11 is 0. The van der Waals surface area contributed by atoms with Crippen LogP contribution in [-0.4, -0.2) is 103 Å². The number of carbonyl (C=O) groups excluding carboxylic acids is 1. The van der Waals surface area contributed by atoms with Crippen LogP contribution in [-0.2, 0) is 4.79 Å². The van der Waals surface area contributed by atoms with Crippen LogP contribution in [0.2, 0.25) is 0 Å². The molecule has 9 nitrogen and oxygen atoms in total. The number of aliphatic hydroxyl groups excluding tert-OH is 4. The number of hydrogen-bond donors (Lipinski definition) is 8. The normalized spacial score (nSPS) is 48.6. The zero-order chi connectivity index (χ0) is 89.6. The van der Waals surface area contributed by atoms with Crippen molar-refractivity contribution in [3.8, 4) is 0 Å². The second kappa shape index (κ2) is 41.0. The zero-order valence-electron chi connectivity index (χ0n) is 87.1. The summed E-state index contributed by atoms with van der Waals surface area (Å²) in [4.78, 5) is 13.0. The Morgan fingerprint density at radius 1 is 0.274 bits per heavy atom. The van der Waals surface area contributed by atoms with E-state index in [1.807, 2.05) is 0 Å². The molecule has 0 aromatic heterocycles. The Morgan fingerprint density at radius 2 is 0.484 bits per heavy atom. The van der Waals surface area contributed by atoms with Crippen LogP contribution in [0.5, 0.6) is 0 Å². The maximum atomic E-state index is 13.0. The van der Waals surface area contributed by atoms with E-state index in [1.165, 1.54) is 180 Å². The Hall–Kier alpha value is 0.415. The van der Waals surface area contributed by atoms with E-state index in [0.29, 0.717) is 120 Å². The predicted molar refractivity (Wildman–Crippen MR) is 514 cm³/mol. The molecule has 0 aromatic rings. The minimum Gasteiger partial charge on any atom is -1.00 e. The summed E-state index contributed by atoms with van der Waals surface area (Å²) in [6, 6.07) is 0. The van der Waals surface area contributed by atoms with Crippen LogP contribution in [0.3, 0.4) is 0 Å². The van der Waals surface area contributed by atoms with Gasteiger partial charge in [0.25, 0.3) is 0 Å². The van der Waals surface area contributed by atoms with Gasteiger partial charge < -0.3 is 42.3 Å². The number of fused-ring (bicyclic) bond motifs is 20. The topological polar surface area (TPSA) is 179 Å². The fourth-order valence-corrected chi connectivity index (χ4v) is 37.3. The van der Waals surface area contributed by atoms with Gasteiger partial charge in [-0.1, -0.05) is 138 Å². The van der Waals surface area contributed by atoms with Crippen LogP contribution in [0, 0.1) is 209 Å².